The number of aromatic amines is 1. The average molecular weight is 141 g/mol. The SMILES string of the molecule is N#CCn1[nH]nnc1=S. The lowest BCUT2D eigenvalue weighted by atomic mass is 10.7. The summed E-state index contributed by atoms with van der Waals surface area (Å²) in [5.41, 5.74) is 0. The first-order valence-electron chi connectivity index (χ1n) is 2.19. The van der Waals surface area contributed by atoms with Gasteiger partial charge in [0.05, 0.1) is 6.07 Å². The van der Waals surface area contributed by atoms with E-state index in [-0.39, 0.29) is 6.54 Å². The Labute approximate surface area is 55.9 Å². The summed E-state index contributed by atoms with van der Waals surface area (Å²) >= 11 is 4.66. The molecule has 0 radical (unpaired) electrons. The molecule has 0 aromatic carbocycles. The topological polar surface area (TPSA) is 70.3 Å². The maximum Gasteiger partial charge on any atom is 0.239 e. The number of hydrogen-bond acceptors (Lipinski definition) is 4. The minimum Gasteiger partial charge on any atom is -0.228 e. The molecule has 1 aromatic rings. The van der Waals surface area contributed by atoms with Crippen molar-refractivity contribution in [2.45, 2.75) is 6.54 Å². The predicted molar refractivity (Wildman–Crippen MR) is 30.8 cm³/mol. The van der Waals surface area contributed by atoms with E-state index in [0.29, 0.717) is 4.77 Å². The van der Waals surface area contributed by atoms with Crippen LogP contribution in [0.25, 0.3) is 0 Å². The lowest BCUT2D eigenvalue weighted by Gasteiger charge is -1.85. The van der Waals surface area contributed by atoms with Crippen LogP contribution in [0.4, 0.5) is 0 Å². The van der Waals surface area contributed by atoms with E-state index < -0.39 is 0 Å². The van der Waals surface area contributed by atoms with Crippen LogP contribution in [0.2, 0.25) is 0 Å². The second-order valence-corrected chi connectivity index (χ2v) is 1.69. The fraction of sp³-hybridized carbons (Fsp3) is 0.333. The number of H-pyrrole nitrogens is 1. The number of nitrogens with one attached hydrogen (secondary N) is 1. The van der Waals surface area contributed by atoms with Crippen LogP contribution in [-0.2, 0) is 6.54 Å². The Morgan fingerprint density at radius 2 is 2.67 bits per heavy atom. The minimum absolute atomic E-state index is 0.172. The van der Waals surface area contributed by atoms with Gasteiger partial charge in [-0.25, -0.2) is 4.68 Å². The van der Waals surface area contributed by atoms with E-state index in [1.54, 1.807) is 0 Å². The Bertz CT molecular complexity index is 277. The summed E-state index contributed by atoms with van der Waals surface area (Å²) in [6.07, 6.45) is 0. The molecule has 0 aliphatic carbocycles. The van der Waals surface area contributed by atoms with Crippen LogP contribution in [0.15, 0.2) is 0 Å². The molecule has 0 aliphatic heterocycles. The molecule has 1 aromatic heterocycles. The summed E-state index contributed by atoms with van der Waals surface area (Å²) in [6.45, 7) is 0.172. The van der Waals surface area contributed by atoms with Crippen molar-refractivity contribution in [3.05, 3.63) is 4.77 Å². The highest BCUT2D eigenvalue weighted by molar-refractivity contribution is 7.71. The van der Waals surface area contributed by atoms with Gasteiger partial charge in [-0.2, -0.15) is 10.5 Å². The maximum atomic E-state index is 8.17. The van der Waals surface area contributed by atoms with Crippen LogP contribution in [0.5, 0.6) is 0 Å². The number of nitriles is 1. The van der Waals surface area contributed by atoms with Gasteiger partial charge in [-0.15, -0.1) is 0 Å². The van der Waals surface area contributed by atoms with Crippen LogP contribution in [-0.4, -0.2) is 20.2 Å². The van der Waals surface area contributed by atoms with E-state index >= 15 is 0 Å². The van der Waals surface area contributed by atoms with Gasteiger partial charge in [0.15, 0.2) is 0 Å². The van der Waals surface area contributed by atoms with Crippen molar-refractivity contribution in [3.8, 4) is 6.07 Å². The number of hydrogen-bond donors (Lipinski definition) is 1. The smallest absolute Gasteiger partial charge is 0.228 e. The van der Waals surface area contributed by atoms with Crippen LogP contribution >= 0.6 is 12.2 Å². The molecule has 6 heteroatoms. The third-order valence-corrected chi connectivity index (χ3v) is 1.06. The van der Waals surface area contributed by atoms with Crippen molar-refractivity contribution in [1.82, 2.24) is 20.2 Å². The van der Waals surface area contributed by atoms with Crippen molar-refractivity contribution >= 4 is 12.2 Å². The standard InChI is InChI=1S/C3H3N5S/c4-1-2-8-3(9)5-6-7-8/h2H2,(H,5,7,9). The summed E-state index contributed by atoms with van der Waals surface area (Å²) in [5.74, 6) is 0. The first-order valence-corrected chi connectivity index (χ1v) is 2.60. The molecule has 0 aliphatic rings. The van der Waals surface area contributed by atoms with E-state index in [2.05, 4.69) is 27.7 Å². The van der Waals surface area contributed by atoms with Gasteiger partial charge in [-0.3, -0.25) is 0 Å². The quantitative estimate of drug-likeness (QED) is 0.552. The Balaban J connectivity index is 2.98. The molecule has 0 fully saturated rings. The molecule has 0 bridgehead atoms. The minimum atomic E-state index is 0.172. The van der Waals surface area contributed by atoms with Crippen LogP contribution in [0.1, 0.15) is 0 Å². The molecule has 0 unspecified atom stereocenters. The molecule has 9 heavy (non-hydrogen) atoms. The van der Waals surface area contributed by atoms with Crippen molar-refractivity contribution in [2.24, 2.45) is 0 Å². The van der Waals surface area contributed by atoms with E-state index in [1.807, 2.05) is 6.07 Å². The summed E-state index contributed by atoms with van der Waals surface area (Å²) in [6, 6.07) is 1.90. The number of tetrazole rings is 1. The van der Waals surface area contributed by atoms with Gasteiger partial charge in [0.25, 0.3) is 0 Å². The fourth-order valence-corrected chi connectivity index (χ4v) is 0.536. The van der Waals surface area contributed by atoms with E-state index in [4.69, 9.17) is 5.26 Å². The molecule has 0 saturated heterocycles. The Hall–Kier alpha value is -1.22. The molecule has 0 spiro atoms. The Kier molecular flexibility index (Phi) is 1.55. The molecule has 1 heterocycles. The molecule has 1 rings (SSSR count). The highest BCUT2D eigenvalue weighted by atomic mass is 32.1. The highest BCUT2D eigenvalue weighted by Gasteiger charge is 1.89. The van der Waals surface area contributed by atoms with Gasteiger partial charge >= 0.3 is 0 Å². The van der Waals surface area contributed by atoms with Gasteiger partial charge < -0.3 is 0 Å². The second-order valence-electron chi connectivity index (χ2n) is 1.33. The van der Waals surface area contributed by atoms with Gasteiger partial charge in [0.2, 0.25) is 4.77 Å². The van der Waals surface area contributed by atoms with Crippen molar-refractivity contribution in [2.75, 3.05) is 0 Å². The molecule has 1 N–H and O–H groups in total. The highest BCUT2D eigenvalue weighted by Crippen LogP contribution is 1.79. The maximum absolute atomic E-state index is 8.17. The third-order valence-electron chi connectivity index (χ3n) is 0.761. The third kappa shape index (κ3) is 1.12. The van der Waals surface area contributed by atoms with Crippen molar-refractivity contribution < 1.29 is 0 Å². The molecule has 5 nitrogen and oxygen atoms in total. The van der Waals surface area contributed by atoms with Gasteiger partial charge in [0.1, 0.15) is 6.54 Å². The molecule has 46 valence electrons. The summed E-state index contributed by atoms with van der Waals surface area (Å²) in [4.78, 5) is 0. The van der Waals surface area contributed by atoms with E-state index in [9.17, 15) is 0 Å². The first kappa shape index (κ1) is 5.91. The zero-order valence-electron chi connectivity index (χ0n) is 4.40. The summed E-state index contributed by atoms with van der Waals surface area (Å²) in [5, 5.41) is 17.4. The molecule has 0 atom stereocenters. The fourth-order valence-electron chi connectivity index (χ4n) is 0.390. The van der Waals surface area contributed by atoms with E-state index in [0.717, 1.165) is 0 Å². The number of nitrogens with zero attached hydrogens (tertiary/aromatic N) is 4. The zero-order chi connectivity index (χ0) is 6.69. The van der Waals surface area contributed by atoms with E-state index in [1.165, 1.54) is 4.68 Å². The van der Waals surface area contributed by atoms with Gasteiger partial charge in [-0.1, -0.05) is 10.3 Å². The predicted octanol–water partition coefficient (Wildman–Crippen LogP) is -0.141. The molecular formula is C3H3N5S. The lowest BCUT2D eigenvalue weighted by Crippen LogP contribution is -1.97. The average Bonchev–Trinajstić information content (AvgIpc) is 2.18. The van der Waals surface area contributed by atoms with Gasteiger partial charge in [-0.05, 0) is 12.2 Å². The van der Waals surface area contributed by atoms with Crippen molar-refractivity contribution in [3.63, 3.8) is 0 Å². The number of aromatic nitrogens is 4. The summed E-state index contributed by atoms with van der Waals surface area (Å²) in [7, 11) is 0. The first-order chi connectivity index (χ1) is 4.34. The molecular weight excluding hydrogens is 138 g/mol. The zero-order valence-corrected chi connectivity index (χ0v) is 5.22. The molecule has 0 saturated carbocycles. The van der Waals surface area contributed by atoms with Crippen LogP contribution < -0.4 is 0 Å². The largest absolute Gasteiger partial charge is 0.239 e. The van der Waals surface area contributed by atoms with Gasteiger partial charge in [0, 0.05) is 0 Å². The Morgan fingerprint density at radius 1 is 1.89 bits per heavy atom. The Morgan fingerprint density at radius 3 is 3.11 bits per heavy atom. The van der Waals surface area contributed by atoms with Crippen LogP contribution in [0.3, 0.4) is 0 Å². The number of rotatable bonds is 1. The summed E-state index contributed by atoms with van der Waals surface area (Å²) < 4.78 is 1.67. The lowest BCUT2D eigenvalue weighted by molar-refractivity contribution is 0.660. The van der Waals surface area contributed by atoms with Crippen molar-refractivity contribution in [1.29, 1.82) is 5.26 Å². The van der Waals surface area contributed by atoms with Crippen LogP contribution in [0, 0.1) is 16.1 Å². The normalized spacial score (nSPS) is 8.78. The monoisotopic (exact) mass is 141 g/mol. The second kappa shape index (κ2) is 2.37. The molecule has 0 amide bonds.